The van der Waals surface area contributed by atoms with E-state index in [9.17, 15) is 9.59 Å². The summed E-state index contributed by atoms with van der Waals surface area (Å²) >= 11 is 1.29. The molecule has 0 bridgehead atoms. The number of hydrazone groups is 1. The normalized spacial score (nSPS) is 17.9. The molecule has 27 heavy (non-hydrogen) atoms. The molecule has 1 amide bonds. The van der Waals surface area contributed by atoms with Crippen LogP contribution in [0, 0.1) is 0 Å². The van der Waals surface area contributed by atoms with E-state index in [2.05, 4.69) is 15.4 Å². The number of thioether (sulfide) groups is 1. The highest BCUT2D eigenvalue weighted by Gasteiger charge is 2.38. The number of hydrogen-bond donors (Lipinski definition) is 1. The van der Waals surface area contributed by atoms with Gasteiger partial charge in [-0.1, -0.05) is 42.1 Å². The Bertz CT molecular complexity index is 1100. The summed E-state index contributed by atoms with van der Waals surface area (Å²) in [5.41, 5.74) is 0.700. The highest BCUT2D eigenvalue weighted by Crippen LogP contribution is 2.26. The number of Topliss-reactive ketones (excluding diaryl/α,β-unsaturated/α-hetero) is 1. The summed E-state index contributed by atoms with van der Waals surface area (Å²) in [6.45, 7) is 0. The van der Waals surface area contributed by atoms with Gasteiger partial charge in [0.2, 0.25) is 11.9 Å². The van der Waals surface area contributed by atoms with E-state index >= 15 is 0 Å². The third-order valence-corrected chi connectivity index (χ3v) is 4.89. The van der Waals surface area contributed by atoms with Gasteiger partial charge in [0, 0.05) is 5.22 Å². The summed E-state index contributed by atoms with van der Waals surface area (Å²) in [4.78, 5) is 30.6. The Morgan fingerprint density at radius 3 is 2.70 bits per heavy atom. The van der Waals surface area contributed by atoms with Crippen molar-refractivity contribution >= 4 is 34.3 Å². The maximum atomic E-state index is 13.3. The molecular weight excluding hydrogens is 364 g/mol. The standard InChI is InChI=1S/C19H16N4O3S/c1-26-14-10-6-4-8-12(14)16(24)17-20-13-9-5-3-7-11(13)15-18(25)21-19(27-2)22-23(15)17/h3-10,17H,1-2H3,(H,21,22,25). The van der Waals surface area contributed by atoms with E-state index in [1.165, 1.54) is 23.9 Å². The average molecular weight is 380 g/mol. The Kier molecular flexibility index (Phi) is 4.41. The predicted molar refractivity (Wildman–Crippen MR) is 103 cm³/mol. The van der Waals surface area contributed by atoms with Crippen LogP contribution in [-0.2, 0) is 4.79 Å². The molecule has 0 aliphatic carbocycles. The van der Waals surface area contributed by atoms with Crippen molar-refractivity contribution in [1.29, 1.82) is 0 Å². The number of ketones is 1. The molecule has 4 rings (SSSR count). The van der Waals surface area contributed by atoms with E-state index in [0.29, 0.717) is 32.8 Å². The minimum atomic E-state index is -0.987. The van der Waals surface area contributed by atoms with E-state index in [4.69, 9.17) is 4.74 Å². The van der Waals surface area contributed by atoms with Crippen LogP contribution in [-0.4, -0.2) is 41.4 Å². The maximum Gasteiger partial charge on any atom is 0.276 e. The van der Waals surface area contributed by atoms with Gasteiger partial charge in [0.15, 0.2) is 5.17 Å². The molecule has 2 aliphatic rings. The van der Waals surface area contributed by atoms with Crippen molar-refractivity contribution in [2.45, 2.75) is 6.17 Å². The van der Waals surface area contributed by atoms with Crippen LogP contribution in [0.5, 0.6) is 5.75 Å². The Hall–Kier alpha value is -3.13. The van der Waals surface area contributed by atoms with E-state index in [1.54, 1.807) is 42.7 Å². The number of para-hydroxylation sites is 2. The fraction of sp³-hybridized carbons (Fsp3) is 0.158. The molecule has 7 nitrogen and oxygen atoms in total. The minimum Gasteiger partial charge on any atom is -0.496 e. The Labute approximate surface area is 159 Å². The number of hydrogen-bond acceptors (Lipinski definition) is 7. The van der Waals surface area contributed by atoms with E-state index in [-0.39, 0.29) is 11.7 Å². The Morgan fingerprint density at radius 2 is 1.93 bits per heavy atom. The van der Waals surface area contributed by atoms with Crippen LogP contribution in [0.4, 0.5) is 0 Å². The molecule has 2 aromatic rings. The second-order valence-corrected chi connectivity index (χ2v) is 6.64. The number of carbonyl (C=O) groups excluding carboxylic acids is 2. The molecule has 0 fully saturated rings. The molecule has 1 N–H and O–H groups in total. The van der Waals surface area contributed by atoms with Gasteiger partial charge in [0.1, 0.15) is 11.4 Å². The number of amides is 1. The monoisotopic (exact) mass is 380 g/mol. The van der Waals surface area contributed by atoms with Gasteiger partial charge in [-0.2, -0.15) is 0 Å². The second-order valence-electron chi connectivity index (χ2n) is 5.84. The largest absolute Gasteiger partial charge is 0.496 e. The molecule has 0 aromatic heterocycles. The van der Waals surface area contributed by atoms with Crippen molar-refractivity contribution in [2.24, 2.45) is 10.1 Å². The van der Waals surface area contributed by atoms with Gasteiger partial charge < -0.3 is 4.74 Å². The zero-order chi connectivity index (χ0) is 19.0. The molecule has 1 unspecified atom stereocenters. The van der Waals surface area contributed by atoms with Crippen molar-refractivity contribution in [1.82, 2.24) is 10.3 Å². The molecule has 1 atom stereocenters. The van der Waals surface area contributed by atoms with Crippen LogP contribution in [0.3, 0.4) is 0 Å². The van der Waals surface area contributed by atoms with Crippen molar-refractivity contribution in [3.63, 3.8) is 0 Å². The van der Waals surface area contributed by atoms with Crippen LogP contribution < -0.4 is 20.6 Å². The molecule has 2 aliphatic heterocycles. The molecule has 136 valence electrons. The lowest BCUT2D eigenvalue weighted by molar-refractivity contribution is -0.115. The van der Waals surface area contributed by atoms with E-state index < -0.39 is 6.17 Å². The maximum absolute atomic E-state index is 13.3. The Morgan fingerprint density at radius 1 is 1.19 bits per heavy atom. The number of nitrogens with zero attached hydrogens (tertiary/aromatic N) is 3. The highest BCUT2D eigenvalue weighted by molar-refractivity contribution is 8.13. The summed E-state index contributed by atoms with van der Waals surface area (Å²) in [7, 11) is 1.51. The van der Waals surface area contributed by atoms with Crippen molar-refractivity contribution in [3.05, 3.63) is 64.7 Å². The first-order valence-corrected chi connectivity index (χ1v) is 9.44. The number of nitrogens with one attached hydrogen (secondary N) is 1. The molecule has 0 saturated carbocycles. The van der Waals surface area contributed by atoms with Crippen molar-refractivity contribution < 1.29 is 14.3 Å². The molecular formula is C19H16N4O3S. The SMILES string of the molecule is COc1ccccc1C(=O)C1N=c2ccccc2=C2C(=O)NC(SC)=NN21. The summed E-state index contributed by atoms with van der Waals surface area (Å²) in [5, 5.41) is 10.2. The van der Waals surface area contributed by atoms with Gasteiger partial charge in [0.05, 0.1) is 18.0 Å². The number of benzene rings is 2. The fourth-order valence-corrected chi connectivity index (χ4v) is 3.44. The van der Waals surface area contributed by atoms with Crippen molar-refractivity contribution in [3.8, 4) is 5.75 Å². The topological polar surface area (TPSA) is 83.4 Å². The van der Waals surface area contributed by atoms with Crippen LogP contribution >= 0.6 is 11.8 Å². The lowest BCUT2D eigenvalue weighted by Crippen LogP contribution is -2.54. The van der Waals surface area contributed by atoms with Crippen LogP contribution in [0.15, 0.2) is 58.6 Å². The van der Waals surface area contributed by atoms with Gasteiger partial charge in [-0.05, 0) is 24.5 Å². The third-order valence-electron chi connectivity index (χ3n) is 4.32. The number of methoxy groups -OCH3 is 1. The predicted octanol–water partition coefficient (Wildman–Crippen LogP) is 0.711. The number of ether oxygens (including phenoxy) is 1. The van der Waals surface area contributed by atoms with Gasteiger partial charge in [-0.15, -0.1) is 5.10 Å². The second kappa shape index (κ2) is 6.88. The molecule has 0 radical (unpaired) electrons. The average Bonchev–Trinajstić information content (AvgIpc) is 2.72. The molecule has 2 heterocycles. The zero-order valence-electron chi connectivity index (χ0n) is 14.7. The summed E-state index contributed by atoms with van der Waals surface area (Å²) in [5.74, 6) is -0.151. The number of amidine groups is 1. The number of fused-ring (bicyclic) bond motifs is 2. The lowest BCUT2D eigenvalue weighted by atomic mass is 10.0. The van der Waals surface area contributed by atoms with Crippen LogP contribution in [0.1, 0.15) is 10.4 Å². The first kappa shape index (κ1) is 17.3. The summed E-state index contributed by atoms with van der Waals surface area (Å²) in [6.07, 6.45) is 0.815. The van der Waals surface area contributed by atoms with Gasteiger partial charge in [0.25, 0.3) is 5.91 Å². The molecule has 0 saturated heterocycles. The zero-order valence-corrected chi connectivity index (χ0v) is 15.5. The first-order valence-electron chi connectivity index (χ1n) is 8.21. The highest BCUT2D eigenvalue weighted by atomic mass is 32.2. The van der Waals surface area contributed by atoms with Crippen LogP contribution in [0.2, 0.25) is 0 Å². The first-order chi connectivity index (χ1) is 13.1. The minimum absolute atomic E-state index is 0.293. The van der Waals surface area contributed by atoms with E-state index in [0.717, 1.165) is 0 Å². The quantitative estimate of drug-likeness (QED) is 0.793. The fourth-order valence-electron chi connectivity index (χ4n) is 3.08. The summed E-state index contributed by atoms with van der Waals surface area (Å²) in [6, 6.07) is 14.2. The Balaban J connectivity index is 1.92. The lowest BCUT2D eigenvalue weighted by Gasteiger charge is -2.33. The van der Waals surface area contributed by atoms with Crippen molar-refractivity contribution in [2.75, 3.05) is 13.4 Å². The summed E-state index contributed by atoms with van der Waals surface area (Å²) < 4.78 is 5.32. The van der Waals surface area contributed by atoms with Gasteiger partial charge in [-0.3, -0.25) is 14.9 Å². The van der Waals surface area contributed by atoms with Crippen LogP contribution in [0.25, 0.3) is 5.70 Å². The molecule has 0 spiro atoms. The molecule has 2 aromatic carbocycles. The third kappa shape index (κ3) is 2.87. The van der Waals surface area contributed by atoms with Gasteiger partial charge >= 0.3 is 0 Å². The van der Waals surface area contributed by atoms with E-state index in [1.807, 2.05) is 12.1 Å². The number of carbonyl (C=O) groups is 2. The van der Waals surface area contributed by atoms with Gasteiger partial charge in [-0.25, -0.2) is 10.0 Å². The molecule has 8 heteroatoms. The smallest absolute Gasteiger partial charge is 0.276 e. The number of rotatable bonds is 3.